The van der Waals surface area contributed by atoms with Crippen LogP contribution in [-0.2, 0) is 28.6 Å². The quantitative estimate of drug-likeness (QED) is 0.0261. The Hall–Kier alpha value is -3.93. The van der Waals surface area contributed by atoms with Crippen molar-refractivity contribution in [3.8, 4) is 0 Å². The van der Waals surface area contributed by atoms with Crippen LogP contribution in [0.2, 0.25) is 0 Å². The summed E-state index contributed by atoms with van der Waals surface area (Å²) in [5, 5.41) is 0. The number of hydrogen-bond donors (Lipinski definition) is 0. The van der Waals surface area contributed by atoms with Gasteiger partial charge in [-0.05, 0) is 89.9 Å². The molecular formula is C67H112O6. The van der Waals surface area contributed by atoms with Crippen molar-refractivity contribution in [3.63, 3.8) is 0 Å². The van der Waals surface area contributed by atoms with E-state index in [9.17, 15) is 14.4 Å². The fraction of sp³-hybridized carbons (Fsp3) is 0.687. The van der Waals surface area contributed by atoms with Crippen molar-refractivity contribution in [1.82, 2.24) is 0 Å². The minimum atomic E-state index is -0.815. The van der Waals surface area contributed by atoms with Crippen LogP contribution in [0.3, 0.4) is 0 Å². The first-order valence-electron chi connectivity index (χ1n) is 30.4. The number of rotatable bonds is 54. The van der Waals surface area contributed by atoms with Gasteiger partial charge < -0.3 is 14.2 Å². The maximum Gasteiger partial charge on any atom is 0.306 e. The average molecular weight is 1010 g/mol. The lowest BCUT2D eigenvalue weighted by Crippen LogP contribution is -2.30. The molecule has 1 unspecified atom stereocenters. The van der Waals surface area contributed by atoms with E-state index < -0.39 is 6.10 Å². The molecule has 1 atom stereocenters. The zero-order valence-electron chi connectivity index (χ0n) is 47.6. The van der Waals surface area contributed by atoms with E-state index in [-0.39, 0.29) is 37.5 Å². The van der Waals surface area contributed by atoms with Crippen LogP contribution in [0.25, 0.3) is 0 Å². The van der Waals surface area contributed by atoms with Crippen LogP contribution < -0.4 is 0 Å². The predicted molar refractivity (Wildman–Crippen MR) is 316 cm³/mol. The molecule has 0 aromatic rings. The van der Waals surface area contributed by atoms with E-state index >= 15 is 0 Å². The summed E-state index contributed by atoms with van der Waals surface area (Å²) in [6, 6.07) is 0. The lowest BCUT2D eigenvalue weighted by molar-refractivity contribution is -0.166. The van der Waals surface area contributed by atoms with Gasteiger partial charge in [-0.1, -0.05) is 278 Å². The van der Waals surface area contributed by atoms with Crippen LogP contribution in [0.4, 0.5) is 0 Å². The van der Waals surface area contributed by atoms with Crippen molar-refractivity contribution in [1.29, 1.82) is 0 Å². The third-order valence-electron chi connectivity index (χ3n) is 12.8. The molecule has 0 spiro atoms. The third-order valence-corrected chi connectivity index (χ3v) is 12.8. The summed E-state index contributed by atoms with van der Waals surface area (Å²) in [5.74, 6) is -0.984. The van der Waals surface area contributed by atoms with E-state index in [2.05, 4.69) is 124 Å². The van der Waals surface area contributed by atoms with E-state index in [0.717, 1.165) is 96.3 Å². The summed E-state index contributed by atoms with van der Waals surface area (Å²) < 4.78 is 16.8. The Labute approximate surface area is 450 Å². The molecule has 0 saturated heterocycles. The summed E-state index contributed by atoms with van der Waals surface area (Å²) in [5.41, 5.74) is 0. The van der Waals surface area contributed by atoms with Gasteiger partial charge in [0.15, 0.2) is 6.10 Å². The molecule has 0 saturated carbocycles. The zero-order valence-corrected chi connectivity index (χ0v) is 47.6. The molecule has 6 nitrogen and oxygen atoms in total. The highest BCUT2D eigenvalue weighted by atomic mass is 16.6. The smallest absolute Gasteiger partial charge is 0.306 e. The largest absolute Gasteiger partial charge is 0.462 e. The van der Waals surface area contributed by atoms with Gasteiger partial charge in [0.25, 0.3) is 0 Å². The molecular weight excluding hydrogens is 901 g/mol. The first-order valence-corrected chi connectivity index (χ1v) is 30.4. The van der Waals surface area contributed by atoms with Crippen molar-refractivity contribution in [2.75, 3.05) is 13.2 Å². The first-order chi connectivity index (χ1) is 36.0. The number of carbonyl (C=O) groups excluding carboxylic acids is 3. The van der Waals surface area contributed by atoms with Crippen LogP contribution in [0, 0.1) is 0 Å². The Morgan fingerprint density at radius 2 is 0.562 bits per heavy atom. The molecule has 0 radical (unpaired) electrons. The molecule has 0 aliphatic heterocycles. The van der Waals surface area contributed by atoms with E-state index in [0.29, 0.717) is 19.3 Å². The van der Waals surface area contributed by atoms with Gasteiger partial charge in [-0.3, -0.25) is 14.4 Å². The van der Waals surface area contributed by atoms with E-state index in [1.54, 1.807) is 0 Å². The Morgan fingerprint density at radius 1 is 0.288 bits per heavy atom. The summed E-state index contributed by atoms with van der Waals surface area (Å²) in [4.78, 5) is 38.1. The van der Waals surface area contributed by atoms with Crippen molar-refractivity contribution < 1.29 is 28.6 Å². The van der Waals surface area contributed by atoms with Gasteiger partial charge in [0.2, 0.25) is 0 Å². The lowest BCUT2D eigenvalue weighted by atomic mass is 10.0. The molecule has 0 N–H and O–H groups in total. The second-order valence-corrected chi connectivity index (χ2v) is 19.9. The number of unbranched alkanes of at least 4 members (excludes halogenated alkanes) is 25. The highest BCUT2D eigenvalue weighted by Gasteiger charge is 2.19. The number of carbonyl (C=O) groups is 3. The van der Waals surface area contributed by atoms with E-state index in [4.69, 9.17) is 14.2 Å². The number of hydrogen-bond acceptors (Lipinski definition) is 6. The molecule has 73 heavy (non-hydrogen) atoms. The van der Waals surface area contributed by atoms with Gasteiger partial charge in [-0.2, -0.15) is 0 Å². The monoisotopic (exact) mass is 1010 g/mol. The molecule has 416 valence electrons. The van der Waals surface area contributed by atoms with Crippen molar-refractivity contribution in [3.05, 3.63) is 109 Å². The topological polar surface area (TPSA) is 78.9 Å². The fourth-order valence-electron chi connectivity index (χ4n) is 8.31. The molecule has 0 amide bonds. The van der Waals surface area contributed by atoms with Crippen LogP contribution in [0.5, 0.6) is 0 Å². The van der Waals surface area contributed by atoms with Gasteiger partial charge in [-0.25, -0.2) is 0 Å². The molecule has 0 rings (SSSR count). The molecule has 0 bridgehead atoms. The number of allylic oxidation sites excluding steroid dienone is 18. The van der Waals surface area contributed by atoms with Gasteiger partial charge in [0.05, 0.1) is 0 Å². The fourth-order valence-corrected chi connectivity index (χ4v) is 8.31. The summed E-state index contributed by atoms with van der Waals surface area (Å²) >= 11 is 0. The summed E-state index contributed by atoms with van der Waals surface area (Å²) in [6.45, 7) is 6.36. The Morgan fingerprint density at radius 3 is 0.890 bits per heavy atom. The third kappa shape index (κ3) is 58.8. The van der Waals surface area contributed by atoms with Crippen LogP contribution in [-0.4, -0.2) is 37.2 Å². The van der Waals surface area contributed by atoms with Crippen LogP contribution >= 0.6 is 0 Å². The average Bonchev–Trinajstić information content (AvgIpc) is 3.39. The van der Waals surface area contributed by atoms with Crippen molar-refractivity contribution >= 4 is 17.9 Å². The first kappa shape index (κ1) is 69.1. The molecule has 6 heteroatoms. The normalized spacial score (nSPS) is 12.9. The summed E-state index contributed by atoms with van der Waals surface area (Å²) in [7, 11) is 0. The number of ether oxygens (including phenoxy) is 3. The predicted octanol–water partition coefficient (Wildman–Crippen LogP) is 20.7. The zero-order chi connectivity index (χ0) is 52.9. The van der Waals surface area contributed by atoms with Crippen molar-refractivity contribution in [2.24, 2.45) is 0 Å². The Balaban J connectivity index is 4.25. The van der Waals surface area contributed by atoms with Crippen molar-refractivity contribution in [2.45, 2.75) is 284 Å². The second kappa shape index (κ2) is 60.6. The Bertz CT molecular complexity index is 1490. The molecule has 0 heterocycles. The van der Waals surface area contributed by atoms with Gasteiger partial charge >= 0.3 is 17.9 Å². The van der Waals surface area contributed by atoms with Crippen LogP contribution in [0.15, 0.2) is 109 Å². The van der Waals surface area contributed by atoms with Gasteiger partial charge in [0, 0.05) is 19.3 Å². The standard InChI is InChI=1S/C67H112O6/c1-4-7-10-13-16-19-22-25-26-27-28-29-30-31-32-33-34-35-36-37-38-39-40-43-45-48-51-54-57-60-66(69)72-63-64(73-67(70)61-58-55-52-49-46-42-24-21-18-15-12-9-6-3)62-71-65(68)59-56-53-50-47-44-41-23-20-17-14-11-8-5-2/h7,9-10,12,16,18-19,21,25-26,28-29,31-32,42,46,52,55,64H,4-6,8,11,13-15,17,20,22-24,27,30,33-41,43-45,47-51,53-54,56-63H2,1-3H3/b10-7-,12-9-,19-16-,21-18-,26-25-,29-28-,32-31-,46-42-,55-52-. The highest BCUT2D eigenvalue weighted by Crippen LogP contribution is 2.16. The molecule has 0 aromatic heterocycles. The maximum atomic E-state index is 12.8. The SMILES string of the molecule is CC/C=C\C/C=C\C/C=C\C/C=C\C/C=C\CCCCCCCCCCCCCCCC(=O)OCC(COC(=O)CCCCCCCCCCCCCCC)OC(=O)CC/C=C\C/C=C\C/C=C\C/C=C\CC. The van der Waals surface area contributed by atoms with E-state index in [1.165, 1.54) is 135 Å². The minimum absolute atomic E-state index is 0.104. The van der Waals surface area contributed by atoms with E-state index in [1.807, 2.05) is 6.08 Å². The lowest BCUT2D eigenvalue weighted by Gasteiger charge is -2.18. The minimum Gasteiger partial charge on any atom is -0.462 e. The Kier molecular flexibility index (Phi) is 57.4. The molecule has 0 aliphatic carbocycles. The molecule has 0 aliphatic rings. The molecule has 0 fully saturated rings. The van der Waals surface area contributed by atoms with Gasteiger partial charge in [-0.15, -0.1) is 0 Å². The van der Waals surface area contributed by atoms with Crippen LogP contribution in [0.1, 0.15) is 278 Å². The summed E-state index contributed by atoms with van der Waals surface area (Å²) in [6.07, 6.45) is 82.6. The second-order valence-electron chi connectivity index (χ2n) is 19.9. The molecule has 0 aromatic carbocycles. The number of esters is 3. The maximum absolute atomic E-state index is 12.8. The van der Waals surface area contributed by atoms with Gasteiger partial charge in [0.1, 0.15) is 13.2 Å². The highest BCUT2D eigenvalue weighted by molar-refractivity contribution is 5.71.